The summed E-state index contributed by atoms with van der Waals surface area (Å²) in [6.07, 6.45) is 1.77. The van der Waals surface area contributed by atoms with Crippen molar-refractivity contribution in [2.45, 2.75) is 32.0 Å². The Morgan fingerprint density at radius 1 is 0.917 bits per heavy atom. The van der Waals surface area contributed by atoms with Crippen LogP contribution in [0.4, 0.5) is 13.2 Å². The molecule has 1 heterocycles. The van der Waals surface area contributed by atoms with E-state index in [2.05, 4.69) is 29.0 Å². The first-order valence-electron chi connectivity index (χ1n) is 8.27. The molecule has 4 rings (SSSR count). The third-order valence-electron chi connectivity index (χ3n) is 5.00. The van der Waals surface area contributed by atoms with Crippen LogP contribution in [0.1, 0.15) is 24.8 Å². The summed E-state index contributed by atoms with van der Waals surface area (Å²) < 4.78 is 40.3. The van der Waals surface area contributed by atoms with E-state index in [4.69, 9.17) is 0 Å². The maximum atomic E-state index is 12.7. The van der Waals surface area contributed by atoms with E-state index in [0.717, 1.165) is 41.1 Å². The number of aromatic nitrogens is 1. The van der Waals surface area contributed by atoms with Gasteiger partial charge in [0, 0.05) is 23.6 Å². The summed E-state index contributed by atoms with van der Waals surface area (Å²) in [4.78, 5) is 0. The smallest absolute Gasteiger partial charge is 0.347 e. The molecule has 0 spiro atoms. The number of halogens is 3. The molecule has 1 aliphatic rings. The maximum Gasteiger partial charge on any atom is 0.416 e. The monoisotopic (exact) mass is 329 g/mol. The molecule has 124 valence electrons. The Kier molecular flexibility index (Phi) is 3.63. The number of nitrogens with zero attached hydrogens (tertiary/aromatic N) is 1. The molecule has 2 aromatic carbocycles. The highest BCUT2D eigenvalue weighted by atomic mass is 19.4. The maximum absolute atomic E-state index is 12.7. The lowest BCUT2D eigenvalue weighted by Gasteiger charge is -2.26. The molecule has 0 unspecified atom stereocenters. The summed E-state index contributed by atoms with van der Waals surface area (Å²) in [6, 6.07) is 13.5. The predicted octanol–water partition coefficient (Wildman–Crippen LogP) is 6.13. The van der Waals surface area contributed by atoms with Crippen molar-refractivity contribution < 1.29 is 13.2 Å². The van der Waals surface area contributed by atoms with E-state index in [0.29, 0.717) is 0 Å². The van der Waals surface area contributed by atoms with Crippen LogP contribution in [0.2, 0.25) is 0 Å². The molecule has 0 saturated heterocycles. The van der Waals surface area contributed by atoms with E-state index in [9.17, 15) is 13.2 Å². The van der Waals surface area contributed by atoms with Crippen molar-refractivity contribution in [1.82, 2.24) is 4.57 Å². The van der Waals surface area contributed by atoms with Crippen LogP contribution in [0.5, 0.6) is 0 Å². The van der Waals surface area contributed by atoms with Crippen molar-refractivity contribution in [1.29, 1.82) is 0 Å². The molecule has 0 aliphatic heterocycles. The Morgan fingerprint density at radius 3 is 2.25 bits per heavy atom. The topological polar surface area (TPSA) is 4.93 Å². The van der Waals surface area contributed by atoms with Gasteiger partial charge in [-0.2, -0.15) is 13.2 Å². The lowest BCUT2D eigenvalue weighted by atomic mass is 9.85. The van der Waals surface area contributed by atoms with Gasteiger partial charge in [-0.3, -0.25) is 0 Å². The van der Waals surface area contributed by atoms with Gasteiger partial charge in [0.25, 0.3) is 0 Å². The van der Waals surface area contributed by atoms with Crippen LogP contribution >= 0.6 is 0 Å². The van der Waals surface area contributed by atoms with E-state index < -0.39 is 11.7 Å². The molecule has 24 heavy (non-hydrogen) atoms. The minimum atomic E-state index is -4.29. The van der Waals surface area contributed by atoms with Crippen LogP contribution in [0.3, 0.4) is 0 Å². The minimum absolute atomic E-state index is 0.612. The van der Waals surface area contributed by atoms with Gasteiger partial charge in [-0.15, -0.1) is 0 Å². The van der Waals surface area contributed by atoms with Gasteiger partial charge < -0.3 is 4.57 Å². The van der Waals surface area contributed by atoms with Crippen molar-refractivity contribution >= 4 is 10.9 Å². The van der Waals surface area contributed by atoms with E-state index in [1.807, 2.05) is 6.07 Å². The first-order chi connectivity index (χ1) is 11.5. The average molecular weight is 329 g/mol. The fourth-order valence-electron chi connectivity index (χ4n) is 3.34. The van der Waals surface area contributed by atoms with Gasteiger partial charge in [0.2, 0.25) is 0 Å². The Morgan fingerprint density at radius 2 is 1.62 bits per heavy atom. The van der Waals surface area contributed by atoms with Crippen molar-refractivity contribution in [2.75, 3.05) is 0 Å². The van der Waals surface area contributed by atoms with Crippen molar-refractivity contribution in [3.63, 3.8) is 0 Å². The Labute approximate surface area is 138 Å². The predicted molar refractivity (Wildman–Crippen MR) is 89.7 cm³/mol. The van der Waals surface area contributed by atoms with Gasteiger partial charge in [-0.25, -0.2) is 0 Å². The highest BCUT2D eigenvalue weighted by Crippen LogP contribution is 2.33. The van der Waals surface area contributed by atoms with E-state index in [1.54, 1.807) is 0 Å². The zero-order valence-corrected chi connectivity index (χ0v) is 13.2. The zero-order valence-electron chi connectivity index (χ0n) is 13.2. The molecule has 0 bridgehead atoms. The number of alkyl halides is 3. The standard InChI is InChI=1S/C20H18F3N/c21-20(22,23)18-7-4-15(5-8-18)16-6-9-19-17(12-16)10-11-24(19)13-14-2-1-3-14/h4-12,14H,1-3,13H2. The third-order valence-corrected chi connectivity index (χ3v) is 5.00. The van der Waals surface area contributed by atoms with Crippen molar-refractivity contribution in [3.8, 4) is 11.1 Å². The van der Waals surface area contributed by atoms with Gasteiger partial charge in [0.05, 0.1) is 5.56 Å². The Bertz CT molecular complexity index is 855. The van der Waals surface area contributed by atoms with Crippen molar-refractivity contribution in [3.05, 3.63) is 60.3 Å². The molecule has 1 aromatic heterocycles. The minimum Gasteiger partial charge on any atom is -0.347 e. The van der Waals surface area contributed by atoms with Gasteiger partial charge >= 0.3 is 6.18 Å². The summed E-state index contributed by atoms with van der Waals surface area (Å²) in [5.74, 6) is 0.787. The first-order valence-corrected chi connectivity index (χ1v) is 8.27. The SMILES string of the molecule is FC(F)(F)c1ccc(-c2ccc3c(ccn3CC3CCC3)c2)cc1. The molecule has 0 N–H and O–H groups in total. The van der Waals surface area contributed by atoms with Crippen LogP contribution in [0, 0.1) is 5.92 Å². The third kappa shape index (κ3) is 2.81. The number of benzene rings is 2. The highest BCUT2D eigenvalue weighted by Gasteiger charge is 2.30. The van der Waals surface area contributed by atoms with E-state index in [-0.39, 0.29) is 0 Å². The zero-order chi connectivity index (χ0) is 16.7. The van der Waals surface area contributed by atoms with E-state index in [1.165, 1.54) is 36.9 Å². The van der Waals surface area contributed by atoms with Crippen LogP contribution in [-0.2, 0) is 12.7 Å². The molecular formula is C20H18F3N. The van der Waals surface area contributed by atoms with Gasteiger partial charge in [0.1, 0.15) is 0 Å². The summed E-state index contributed by atoms with van der Waals surface area (Å²) in [7, 11) is 0. The number of rotatable bonds is 3. The normalized spacial score (nSPS) is 15.6. The highest BCUT2D eigenvalue weighted by molar-refractivity contribution is 5.85. The Hall–Kier alpha value is -2.23. The molecule has 1 saturated carbocycles. The van der Waals surface area contributed by atoms with Gasteiger partial charge in [0.15, 0.2) is 0 Å². The molecule has 0 radical (unpaired) electrons. The molecule has 1 aliphatic carbocycles. The van der Waals surface area contributed by atoms with Gasteiger partial charge in [-0.05, 0) is 60.2 Å². The van der Waals surface area contributed by atoms with Crippen LogP contribution in [0.25, 0.3) is 22.0 Å². The van der Waals surface area contributed by atoms with E-state index >= 15 is 0 Å². The number of hydrogen-bond acceptors (Lipinski definition) is 0. The molecule has 1 fully saturated rings. The lowest BCUT2D eigenvalue weighted by molar-refractivity contribution is -0.137. The largest absolute Gasteiger partial charge is 0.416 e. The molecule has 1 nitrogen and oxygen atoms in total. The number of fused-ring (bicyclic) bond motifs is 1. The first kappa shape index (κ1) is 15.3. The second-order valence-corrected chi connectivity index (χ2v) is 6.61. The second-order valence-electron chi connectivity index (χ2n) is 6.61. The summed E-state index contributed by atoms with van der Waals surface area (Å²) >= 11 is 0. The van der Waals surface area contributed by atoms with Gasteiger partial charge in [-0.1, -0.05) is 24.6 Å². The Balaban J connectivity index is 1.63. The molecule has 4 heteroatoms. The lowest BCUT2D eigenvalue weighted by Crippen LogP contribution is -2.17. The fourth-order valence-corrected chi connectivity index (χ4v) is 3.34. The number of hydrogen-bond donors (Lipinski definition) is 0. The fraction of sp³-hybridized carbons (Fsp3) is 0.300. The van der Waals surface area contributed by atoms with Crippen LogP contribution in [-0.4, -0.2) is 4.57 Å². The van der Waals surface area contributed by atoms with Crippen molar-refractivity contribution in [2.24, 2.45) is 5.92 Å². The molecule has 3 aromatic rings. The molecule has 0 atom stereocenters. The van der Waals surface area contributed by atoms with Crippen LogP contribution in [0.15, 0.2) is 54.7 Å². The average Bonchev–Trinajstić information content (AvgIpc) is 2.92. The quantitative estimate of drug-likeness (QED) is 0.545. The summed E-state index contributed by atoms with van der Waals surface area (Å²) in [5.41, 5.74) is 2.32. The molecular weight excluding hydrogens is 311 g/mol. The second kappa shape index (κ2) is 5.69. The summed E-state index contributed by atoms with van der Waals surface area (Å²) in [5, 5.41) is 1.13. The molecule has 0 amide bonds. The van der Waals surface area contributed by atoms with Crippen LogP contribution < -0.4 is 0 Å². The summed E-state index contributed by atoms with van der Waals surface area (Å²) in [6.45, 7) is 1.06.